The van der Waals surface area contributed by atoms with Crippen molar-refractivity contribution in [2.45, 2.75) is 25.6 Å². The van der Waals surface area contributed by atoms with Gasteiger partial charge in [0.1, 0.15) is 36.6 Å². The fourth-order valence-electron chi connectivity index (χ4n) is 4.59. The van der Waals surface area contributed by atoms with Gasteiger partial charge in [-0.2, -0.15) is 5.10 Å². The monoisotopic (exact) mass is 569 g/mol. The Kier molecular flexibility index (Phi) is 8.32. The number of H-pyrrole nitrogens is 1. The number of halogens is 2. The highest BCUT2D eigenvalue weighted by Gasteiger charge is 2.21. The van der Waals surface area contributed by atoms with Crippen LogP contribution in [0.5, 0.6) is 11.5 Å². The zero-order chi connectivity index (χ0) is 28.2. The van der Waals surface area contributed by atoms with E-state index < -0.39 is 6.17 Å². The normalized spacial score (nSPS) is 14.4. The van der Waals surface area contributed by atoms with Crippen LogP contribution in [0.3, 0.4) is 0 Å². The van der Waals surface area contributed by atoms with Gasteiger partial charge in [0.25, 0.3) is 5.56 Å². The number of benzene rings is 2. The number of methoxy groups -OCH3 is 1. The van der Waals surface area contributed by atoms with Crippen molar-refractivity contribution < 1.29 is 23.4 Å². The molecule has 3 heterocycles. The summed E-state index contributed by atoms with van der Waals surface area (Å²) in [5.74, 6) is 1.21. The Morgan fingerprint density at radius 1 is 1.27 bits per heavy atom. The van der Waals surface area contributed by atoms with Crippen LogP contribution >= 0.6 is 11.6 Å². The number of ether oxygens (including phenoxy) is 3. The van der Waals surface area contributed by atoms with E-state index in [1.807, 2.05) is 0 Å². The minimum Gasteiger partial charge on any atom is -0.497 e. The molecule has 1 atom stereocenters. The number of nitrogens with zero attached hydrogens (tertiary/aromatic N) is 4. The lowest BCUT2D eigenvalue weighted by Crippen LogP contribution is -2.44. The Morgan fingerprint density at radius 2 is 2.08 bits per heavy atom. The van der Waals surface area contributed by atoms with Crippen molar-refractivity contribution in [3.05, 3.63) is 69.9 Å². The molecule has 40 heavy (non-hydrogen) atoms. The summed E-state index contributed by atoms with van der Waals surface area (Å²) in [5.41, 5.74) is 1.41. The fourth-order valence-corrected chi connectivity index (χ4v) is 4.80. The Balaban J connectivity index is 1.47. The highest BCUT2D eigenvalue weighted by Crippen LogP contribution is 2.30. The first kappa shape index (κ1) is 27.6. The molecule has 210 valence electrons. The van der Waals surface area contributed by atoms with Crippen LogP contribution in [-0.4, -0.2) is 76.7 Å². The molecule has 5 rings (SSSR count). The van der Waals surface area contributed by atoms with Gasteiger partial charge in [-0.25, -0.2) is 14.1 Å². The summed E-state index contributed by atoms with van der Waals surface area (Å²) in [4.78, 5) is 35.8. The molecule has 12 heteroatoms. The molecular formula is C28H29ClFN5O5. The fraction of sp³-hybridized carbons (Fsp3) is 0.357. The third-order valence-corrected chi connectivity index (χ3v) is 6.95. The minimum atomic E-state index is -1.19. The van der Waals surface area contributed by atoms with Crippen LogP contribution in [0.1, 0.15) is 17.9 Å². The second-order valence-electron chi connectivity index (χ2n) is 9.41. The molecule has 10 nitrogen and oxygen atoms in total. The SMILES string of the molecule is C=CCC(F)COc1cc2[nH]c(Cc3nn(CC(=O)N4CCOCC4)c(=O)c4cc(OC)ccc34)nc2cc1Cl. The number of allylic oxidation sites excluding steroid dienone is 1. The third-order valence-electron chi connectivity index (χ3n) is 6.65. The van der Waals surface area contributed by atoms with Gasteiger partial charge in [-0.1, -0.05) is 17.7 Å². The van der Waals surface area contributed by atoms with Crippen molar-refractivity contribution in [2.24, 2.45) is 0 Å². The molecule has 1 unspecified atom stereocenters. The van der Waals surface area contributed by atoms with Crippen molar-refractivity contribution in [3.63, 3.8) is 0 Å². The topological polar surface area (TPSA) is 112 Å². The van der Waals surface area contributed by atoms with Crippen LogP contribution in [0.4, 0.5) is 4.39 Å². The van der Waals surface area contributed by atoms with E-state index in [1.54, 1.807) is 35.2 Å². The maximum Gasteiger partial charge on any atom is 0.275 e. The summed E-state index contributed by atoms with van der Waals surface area (Å²) in [7, 11) is 1.52. The number of aromatic amines is 1. The lowest BCUT2D eigenvalue weighted by Gasteiger charge is -2.27. The van der Waals surface area contributed by atoms with E-state index >= 15 is 0 Å². The van der Waals surface area contributed by atoms with E-state index in [2.05, 4.69) is 21.6 Å². The molecule has 1 aliphatic rings. The van der Waals surface area contributed by atoms with E-state index in [0.29, 0.717) is 76.1 Å². The molecule has 1 fully saturated rings. The van der Waals surface area contributed by atoms with Crippen molar-refractivity contribution in [1.29, 1.82) is 0 Å². The third kappa shape index (κ3) is 5.95. The van der Waals surface area contributed by atoms with E-state index in [4.69, 9.17) is 25.8 Å². The molecule has 1 N–H and O–H groups in total. The van der Waals surface area contributed by atoms with Gasteiger partial charge in [0.05, 0.1) is 53.9 Å². The molecule has 0 saturated carbocycles. The molecule has 0 radical (unpaired) electrons. The van der Waals surface area contributed by atoms with E-state index in [0.717, 1.165) is 0 Å². The second kappa shape index (κ2) is 12.1. The number of amides is 1. The van der Waals surface area contributed by atoms with Crippen molar-refractivity contribution >= 4 is 39.3 Å². The van der Waals surface area contributed by atoms with E-state index in [1.165, 1.54) is 17.9 Å². The van der Waals surface area contributed by atoms with Crippen LogP contribution in [0, 0.1) is 0 Å². The lowest BCUT2D eigenvalue weighted by molar-refractivity contribution is -0.136. The number of alkyl halides is 1. The number of carbonyl (C=O) groups is 1. The molecule has 0 aliphatic carbocycles. The van der Waals surface area contributed by atoms with Crippen LogP contribution in [0.2, 0.25) is 5.02 Å². The molecule has 1 amide bonds. The number of fused-ring (bicyclic) bond motifs is 2. The van der Waals surface area contributed by atoms with Gasteiger partial charge in [-0.3, -0.25) is 9.59 Å². The first-order valence-corrected chi connectivity index (χ1v) is 13.2. The highest BCUT2D eigenvalue weighted by molar-refractivity contribution is 6.32. The molecule has 2 aromatic carbocycles. The molecule has 1 saturated heterocycles. The minimum absolute atomic E-state index is 0.150. The first-order chi connectivity index (χ1) is 19.4. The Bertz CT molecular complexity index is 1610. The number of morpholine rings is 1. The number of rotatable bonds is 10. The Hall–Kier alpha value is -3.96. The smallest absolute Gasteiger partial charge is 0.275 e. The van der Waals surface area contributed by atoms with Gasteiger partial charge >= 0.3 is 0 Å². The Labute approximate surface area is 234 Å². The number of nitrogens with one attached hydrogen (secondary N) is 1. The van der Waals surface area contributed by atoms with Crippen LogP contribution in [-0.2, 0) is 22.5 Å². The molecule has 0 bridgehead atoms. The summed E-state index contributed by atoms with van der Waals surface area (Å²) in [6, 6.07) is 8.49. The molecular weight excluding hydrogens is 541 g/mol. The van der Waals surface area contributed by atoms with Crippen molar-refractivity contribution in [3.8, 4) is 11.5 Å². The summed E-state index contributed by atoms with van der Waals surface area (Å²) in [6.07, 6.45) is 0.727. The van der Waals surface area contributed by atoms with Gasteiger partial charge in [-0.15, -0.1) is 6.58 Å². The van der Waals surface area contributed by atoms with Gasteiger partial charge in [0.2, 0.25) is 5.91 Å². The zero-order valence-electron chi connectivity index (χ0n) is 22.0. The van der Waals surface area contributed by atoms with Gasteiger partial charge in [-0.05, 0) is 30.7 Å². The predicted octanol–water partition coefficient (Wildman–Crippen LogP) is 3.68. The zero-order valence-corrected chi connectivity index (χ0v) is 22.7. The maximum absolute atomic E-state index is 13.9. The quantitative estimate of drug-likeness (QED) is 0.290. The number of hydrogen-bond donors (Lipinski definition) is 1. The van der Waals surface area contributed by atoms with Gasteiger partial charge in [0, 0.05) is 24.5 Å². The number of carbonyl (C=O) groups excluding carboxylic acids is 1. The standard InChI is InChI=1S/C28H29ClFN5O5/c1-3-4-17(30)16-40-25-13-24-23(12-21(25)29)31-26(32-24)14-22-19-6-5-18(38-2)11-20(19)28(37)35(33-22)15-27(36)34-7-9-39-10-8-34/h3,5-6,11-13,17H,1,4,7-10,14-16H2,2H3,(H,31,32). The summed E-state index contributed by atoms with van der Waals surface area (Å²) in [5, 5.41) is 5.90. The van der Waals surface area contributed by atoms with Gasteiger partial charge < -0.3 is 24.1 Å². The lowest BCUT2D eigenvalue weighted by atomic mass is 10.1. The number of hydrogen-bond acceptors (Lipinski definition) is 7. The van der Waals surface area contributed by atoms with Crippen LogP contribution in [0.25, 0.3) is 21.8 Å². The van der Waals surface area contributed by atoms with E-state index in [9.17, 15) is 14.0 Å². The van der Waals surface area contributed by atoms with Crippen LogP contribution in [0.15, 0.2) is 47.8 Å². The van der Waals surface area contributed by atoms with Gasteiger partial charge in [0.15, 0.2) is 0 Å². The maximum atomic E-state index is 13.9. The largest absolute Gasteiger partial charge is 0.497 e. The average molecular weight is 570 g/mol. The molecule has 4 aromatic rings. The van der Waals surface area contributed by atoms with Crippen LogP contribution < -0.4 is 15.0 Å². The van der Waals surface area contributed by atoms with Crippen molar-refractivity contribution in [1.82, 2.24) is 24.6 Å². The predicted molar refractivity (Wildman–Crippen MR) is 149 cm³/mol. The average Bonchev–Trinajstić information content (AvgIpc) is 3.35. The molecule has 1 aliphatic heterocycles. The highest BCUT2D eigenvalue weighted by atomic mass is 35.5. The second-order valence-corrected chi connectivity index (χ2v) is 9.81. The first-order valence-electron chi connectivity index (χ1n) is 12.9. The number of aromatic nitrogens is 4. The van der Waals surface area contributed by atoms with E-state index in [-0.39, 0.29) is 37.5 Å². The molecule has 2 aromatic heterocycles. The summed E-state index contributed by atoms with van der Waals surface area (Å²) >= 11 is 6.36. The number of imidazole rings is 1. The van der Waals surface area contributed by atoms with Crippen molar-refractivity contribution in [2.75, 3.05) is 40.0 Å². The molecule has 0 spiro atoms. The summed E-state index contributed by atoms with van der Waals surface area (Å²) in [6.45, 7) is 5.04. The Morgan fingerprint density at radius 3 is 2.83 bits per heavy atom. The summed E-state index contributed by atoms with van der Waals surface area (Å²) < 4.78 is 31.3.